The van der Waals surface area contributed by atoms with Crippen LogP contribution in [0.4, 0.5) is 0 Å². The molecule has 38 heavy (non-hydrogen) atoms. The van der Waals surface area contributed by atoms with Gasteiger partial charge in [0.05, 0.1) is 0 Å². The molecule has 0 unspecified atom stereocenters. The Kier molecular flexibility index (Phi) is 4.55. The predicted molar refractivity (Wildman–Crippen MR) is 159 cm³/mol. The molecular formula is C36H23NO. The number of rotatable bonds is 3. The van der Waals surface area contributed by atoms with Gasteiger partial charge in [0.15, 0.2) is 0 Å². The first-order valence-electron chi connectivity index (χ1n) is 12.9. The minimum Gasteiger partial charge on any atom is -0.455 e. The van der Waals surface area contributed by atoms with Crippen molar-refractivity contribution in [1.29, 1.82) is 0 Å². The summed E-state index contributed by atoms with van der Waals surface area (Å²) < 4.78 is 6.79. The maximum Gasteiger partial charge on any atom is 0.143 e. The van der Waals surface area contributed by atoms with Crippen molar-refractivity contribution < 1.29 is 4.42 Å². The molecule has 178 valence electrons. The van der Waals surface area contributed by atoms with Crippen LogP contribution in [0.5, 0.6) is 0 Å². The zero-order chi connectivity index (χ0) is 25.1. The van der Waals surface area contributed by atoms with E-state index in [1.807, 2.05) is 0 Å². The normalized spacial score (nSPS) is 11.7. The van der Waals surface area contributed by atoms with Crippen molar-refractivity contribution in [2.24, 2.45) is 0 Å². The molecule has 0 spiro atoms. The number of aromatic amines is 1. The molecule has 0 radical (unpaired) electrons. The highest BCUT2D eigenvalue weighted by Crippen LogP contribution is 2.42. The molecule has 2 heteroatoms. The first kappa shape index (κ1) is 21.0. The lowest BCUT2D eigenvalue weighted by atomic mass is 9.93. The smallest absolute Gasteiger partial charge is 0.143 e. The van der Waals surface area contributed by atoms with Crippen molar-refractivity contribution in [1.82, 2.24) is 4.98 Å². The monoisotopic (exact) mass is 485 g/mol. The van der Waals surface area contributed by atoms with Gasteiger partial charge in [0, 0.05) is 43.7 Å². The number of furan rings is 1. The first-order chi connectivity index (χ1) is 18.8. The molecule has 0 saturated carbocycles. The molecule has 0 amide bonds. The summed E-state index contributed by atoms with van der Waals surface area (Å²) in [5.74, 6) is 0. The van der Waals surface area contributed by atoms with Gasteiger partial charge >= 0.3 is 0 Å². The molecule has 0 atom stereocenters. The Morgan fingerprint density at radius 3 is 1.82 bits per heavy atom. The average molecular weight is 486 g/mol. The van der Waals surface area contributed by atoms with Crippen molar-refractivity contribution in [2.45, 2.75) is 0 Å². The maximum absolute atomic E-state index is 6.79. The summed E-state index contributed by atoms with van der Waals surface area (Å²) in [7, 11) is 0. The summed E-state index contributed by atoms with van der Waals surface area (Å²) in [5, 5.41) is 4.73. The van der Waals surface area contributed by atoms with Gasteiger partial charge in [0.1, 0.15) is 11.2 Å². The zero-order valence-electron chi connectivity index (χ0n) is 20.6. The van der Waals surface area contributed by atoms with Gasteiger partial charge in [-0.2, -0.15) is 0 Å². The Bertz CT molecular complexity index is 2130. The van der Waals surface area contributed by atoms with Crippen LogP contribution in [0.15, 0.2) is 138 Å². The van der Waals surface area contributed by atoms with E-state index < -0.39 is 0 Å². The minimum atomic E-state index is 0.923. The van der Waals surface area contributed by atoms with Crippen LogP contribution in [0.2, 0.25) is 0 Å². The standard InChI is InChI=1S/C36H23NO/c1-2-10-23(11-3-1)25-12-4-5-13-27(25)29-16-9-18-31-30-17-8-15-26(35(30)38-36(29)31)24-20-21-34-32(22-24)28-14-6-7-19-33(28)37-34/h1-22,37H. The SMILES string of the molecule is c1ccc(-c2ccccc2-c2cccc3c2oc2c(-c4ccc5[nH]c6ccccc6c5c4)cccc23)cc1. The number of H-pyrrole nitrogens is 1. The highest BCUT2D eigenvalue weighted by atomic mass is 16.3. The third-order valence-electron chi connectivity index (χ3n) is 7.64. The number of nitrogens with one attached hydrogen (secondary N) is 1. The topological polar surface area (TPSA) is 28.9 Å². The van der Waals surface area contributed by atoms with E-state index in [1.54, 1.807) is 0 Å². The molecule has 0 saturated heterocycles. The van der Waals surface area contributed by atoms with E-state index in [4.69, 9.17) is 4.42 Å². The Morgan fingerprint density at radius 1 is 0.368 bits per heavy atom. The van der Waals surface area contributed by atoms with Crippen molar-refractivity contribution >= 4 is 43.7 Å². The third-order valence-corrected chi connectivity index (χ3v) is 7.64. The molecule has 6 aromatic carbocycles. The number of hydrogen-bond donors (Lipinski definition) is 1. The third kappa shape index (κ3) is 3.14. The number of benzene rings is 6. The summed E-state index contributed by atoms with van der Waals surface area (Å²) >= 11 is 0. The van der Waals surface area contributed by atoms with Gasteiger partial charge in [-0.25, -0.2) is 0 Å². The average Bonchev–Trinajstić information content (AvgIpc) is 3.56. The van der Waals surface area contributed by atoms with Crippen LogP contribution < -0.4 is 0 Å². The van der Waals surface area contributed by atoms with Crippen molar-refractivity contribution in [3.63, 3.8) is 0 Å². The second kappa shape index (κ2) is 8.22. The number of hydrogen-bond acceptors (Lipinski definition) is 1. The Balaban J connectivity index is 1.37. The van der Waals surface area contributed by atoms with Crippen LogP contribution in [-0.2, 0) is 0 Å². The van der Waals surface area contributed by atoms with Gasteiger partial charge < -0.3 is 9.40 Å². The fourth-order valence-corrected chi connectivity index (χ4v) is 5.86. The molecule has 0 bridgehead atoms. The summed E-state index contributed by atoms with van der Waals surface area (Å²) in [4.78, 5) is 3.54. The summed E-state index contributed by atoms with van der Waals surface area (Å²) in [5.41, 5.74) is 11.1. The lowest BCUT2D eigenvalue weighted by Crippen LogP contribution is -1.85. The Labute approximate surface area is 219 Å². The lowest BCUT2D eigenvalue weighted by molar-refractivity contribution is 0.671. The van der Waals surface area contributed by atoms with Gasteiger partial charge in [0.2, 0.25) is 0 Å². The largest absolute Gasteiger partial charge is 0.455 e. The number of aromatic nitrogens is 1. The molecule has 0 aliphatic carbocycles. The second-order valence-electron chi connectivity index (χ2n) is 9.81. The van der Waals surface area contributed by atoms with Crippen LogP contribution >= 0.6 is 0 Å². The fraction of sp³-hybridized carbons (Fsp3) is 0. The highest BCUT2D eigenvalue weighted by Gasteiger charge is 2.18. The zero-order valence-corrected chi connectivity index (χ0v) is 20.6. The minimum absolute atomic E-state index is 0.923. The van der Waals surface area contributed by atoms with Crippen molar-refractivity contribution in [2.75, 3.05) is 0 Å². The Morgan fingerprint density at radius 2 is 0.974 bits per heavy atom. The molecule has 8 rings (SSSR count). The predicted octanol–water partition coefficient (Wildman–Crippen LogP) is 10.2. The van der Waals surface area contributed by atoms with E-state index in [1.165, 1.54) is 27.5 Å². The van der Waals surface area contributed by atoms with Gasteiger partial charge in [-0.1, -0.05) is 115 Å². The first-order valence-corrected chi connectivity index (χ1v) is 12.9. The summed E-state index contributed by atoms with van der Waals surface area (Å²) in [6.45, 7) is 0. The van der Waals surface area contributed by atoms with E-state index in [0.29, 0.717) is 0 Å². The van der Waals surface area contributed by atoms with Gasteiger partial charge in [-0.05, 0) is 40.5 Å². The van der Waals surface area contributed by atoms with E-state index in [2.05, 4.69) is 138 Å². The van der Waals surface area contributed by atoms with E-state index in [0.717, 1.165) is 49.7 Å². The molecule has 0 aliphatic rings. The van der Waals surface area contributed by atoms with Crippen LogP contribution in [0.1, 0.15) is 0 Å². The summed E-state index contributed by atoms with van der Waals surface area (Å²) in [6, 6.07) is 47.2. The van der Waals surface area contributed by atoms with Crippen LogP contribution in [0.25, 0.3) is 77.1 Å². The van der Waals surface area contributed by atoms with Crippen molar-refractivity contribution in [3.8, 4) is 33.4 Å². The van der Waals surface area contributed by atoms with Crippen LogP contribution in [0, 0.1) is 0 Å². The number of para-hydroxylation sites is 3. The van der Waals surface area contributed by atoms with Crippen LogP contribution in [0.3, 0.4) is 0 Å². The van der Waals surface area contributed by atoms with Gasteiger partial charge in [-0.15, -0.1) is 0 Å². The Hall–Kier alpha value is -5.08. The van der Waals surface area contributed by atoms with Crippen molar-refractivity contribution in [3.05, 3.63) is 133 Å². The molecule has 8 aromatic rings. The second-order valence-corrected chi connectivity index (χ2v) is 9.81. The lowest BCUT2D eigenvalue weighted by Gasteiger charge is -2.10. The van der Waals surface area contributed by atoms with E-state index in [9.17, 15) is 0 Å². The maximum atomic E-state index is 6.79. The number of fused-ring (bicyclic) bond motifs is 6. The quantitative estimate of drug-likeness (QED) is 0.265. The summed E-state index contributed by atoms with van der Waals surface area (Å²) in [6.07, 6.45) is 0. The van der Waals surface area contributed by atoms with Crippen LogP contribution in [-0.4, -0.2) is 4.98 Å². The molecule has 1 N–H and O–H groups in total. The highest BCUT2D eigenvalue weighted by molar-refractivity contribution is 6.15. The molecule has 0 fully saturated rings. The molecule has 0 aliphatic heterocycles. The molecule has 2 heterocycles. The van der Waals surface area contributed by atoms with E-state index >= 15 is 0 Å². The molecular weight excluding hydrogens is 462 g/mol. The molecule has 2 nitrogen and oxygen atoms in total. The van der Waals surface area contributed by atoms with Gasteiger partial charge in [0.25, 0.3) is 0 Å². The van der Waals surface area contributed by atoms with E-state index in [-0.39, 0.29) is 0 Å². The molecule has 2 aromatic heterocycles. The van der Waals surface area contributed by atoms with Gasteiger partial charge in [-0.3, -0.25) is 0 Å². The fourth-order valence-electron chi connectivity index (χ4n) is 5.86.